The highest BCUT2D eigenvalue weighted by Gasteiger charge is 2.24. The Bertz CT molecular complexity index is 352. The molecule has 90 valence electrons. The highest BCUT2D eigenvalue weighted by atomic mass is 32.1. The van der Waals surface area contributed by atoms with Crippen LogP contribution in [0.25, 0.3) is 0 Å². The fourth-order valence-corrected chi connectivity index (χ4v) is 2.25. The van der Waals surface area contributed by atoms with Crippen LogP contribution >= 0.6 is 11.3 Å². The van der Waals surface area contributed by atoms with Gasteiger partial charge in [-0.1, -0.05) is 6.92 Å². The third-order valence-corrected chi connectivity index (χ3v) is 3.41. The third kappa shape index (κ3) is 3.28. The van der Waals surface area contributed by atoms with Crippen LogP contribution in [0.15, 0.2) is 5.38 Å². The summed E-state index contributed by atoms with van der Waals surface area (Å²) in [6, 6.07) is -0.0550. The maximum absolute atomic E-state index is 11.3. The number of carbonyl (C=O) groups is 1. The number of hydrogen-bond donors (Lipinski definition) is 1. The summed E-state index contributed by atoms with van der Waals surface area (Å²) in [5.74, 6) is -0.276. The summed E-state index contributed by atoms with van der Waals surface area (Å²) in [7, 11) is 1.39. The molecular formula is C11H18N2O2S. The summed E-state index contributed by atoms with van der Waals surface area (Å²) in [5, 5.41) is 2.96. The molecule has 0 spiro atoms. The minimum atomic E-state index is -0.237. The Hall–Kier alpha value is -0.940. The van der Waals surface area contributed by atoms with E-state index < -0.39 is 0 Å². The van der Waals surface area contributed by atoms with Crippen LogP contribution in [0.5, 0.6) is 0 Å². The monoisotopic (exact) mass is 242 g/mol. The van der Waals surface area contributed by atoms with E-state index in [2.05, 4.69) is 9.72 Å². The van der Waals surface area contributed by atoms with Gasteiger partial charge in [-0.05, 0) is 13.3 Å². The second-order valence-electron chi connectivity index (χ2n) is 3.75. The smallest absolute Gasteiger partial charge is 0.306 e. The van der Waals surface area contributed by atoms with Crippen LogP contribution in [-0.2, 0) is 9.53 Å². The first-order valence-corrected chi connectivity index (χ1v) is 6.20. The zero-order chi connectivity index (χ0) is 12.1. The van der Waals surface area contributed by atoms with Crippen molar-refractivity contribution in [2.45, 2.75) is 38.6 Å². The first-order valence-electron chi connectivity index (χ1n) is 5.32. The second kappa shape index (κ2) is 5.96. The average Bonchev–Trinajstić information content (AvgIpc) is 2.71. The lowest BCUT2D eigenvalue weighted by molar-refractivity contribution is -0.141. The van der Waals surface area contributed by atoms with Crippen LogP contribution in [-0.4, -0.2) is 24.1 Å². The fraction of sp³-hybridized carbons (Fsp3) is 0.636. The number of aryl methyl sites for hydroxylation is 1. The van der Waals surface area contributed by atoms with Crippen LogP contribution in [0, 0.1) is 6.92 Å². The summed E-state index contributed by atoms with van der Waals surface area (Å²) >= 11 is 1.58. The first-order chi connectivity index (χ1) is 7.58. The Kier molecular flexibility index (Phi) is 4.89. The zero-order valence-corrected chi connectivity index (χ0v) is 10.7. The van der Waals surface area contributed by atoms with Gasteiger partial charge in [0.1, 0.15) is 0 Å². The Morgan fingerprint density at radius 2 is 2.38 bits per heavy atom. The molecule has 0 radical (unpaired) electrons. The van der Waals surface area contributed by atoms with Gasteiger partial charge in [0.2, 0.25) is 0 Å². The number of esters is 1. The lowest BCUT2D eigenvalue weighted by Gasteiger charge is -2.19. The van der Waals surface area contributed by atoms with Crippen molar-refractivity contribution in [3.8, 4) is 0 Å². The molecule has 0 aliphatic rings. The van der Waals surface area contributed by atoms with E-state index in [9.17, 15) is 4.79 Å². The average molecular weight is 242 g/mol. The number of methoxy groups -OCH3 is 1. The number of aromatic nitrogens is 1. The molecule has 0 amide bonds. The maximum atomic E-state index is 11.3. The van der Waals surface area contributed by atoms with Gasteiger partial charge in [0.15, 0.2) is 0 Å². The predicted octanol–water partition coefficient (Wildman–Crippen LogP) is 1.84. The summed E-state index contributed by atoms with van der Waals surface area (Å²) in [5.41, 5.74) is 6.92. The molecule has 16 heavy (non-hydrogen) atoms. The molecular weight excluding hydrogens is 224 g/mol. The van der Waals surface area contributed by atoms with Crippen LogP contribution in [0.3, 0.4) is 0 Å². The summed E-state index contributed by atoms with van der Waals surface area (Å²) in [4.78, 5) is 15.7. The van der Waals surface area contributed by atoms with Crippen molar-refractivity contribution in [3.63, 3.8) is 0 Å². The number of carbonyl (C=O) groups excluding carboxylic acids is 1. The summed E-state index contributed by atoms with van der Waals surface area (Å²) < 4.78 is 4.68. The number of nitrogens with two attached hydrogens (primary N) is 1. The van der Waals surface area contributed by atoms with Crippen molar-refractivity contribution in [3.05, 3.63) is 16.1 Å². The minimum Gasteiger partial charge on any atom is -0.469 e. The molecule has 1 rings (SSSR count). The van der Waals surface area contributed by atoms with Gasteiger partial charge in [-0.2, -0.15) is 0 Å². The minimum absolute atomic E-state index is 0.0394. The molecule has 1 aromatic heterocycles. The highest BCUT2D eigenvalue weighted by Crippen LogP contribution is 2.25. The number of rotatable bonds is 5. The SMILES string of the molecule is CCC(N)C(CC(=O)OC)c1csc(C)n1. The molecule has 1 aromatic rings. The molecule has 2 N–H and O–H groups in total. The van der Waals surface area contributed by atoms with E-state index in [0.29, 0.717) is 6.42 Å². The van der Waals surface area contributed by atoms with Gasteiger partial charge >= 0.3 is 5.97 Å². The van der Waals surface area contributed by atoms with Gasteiger partial charge in [-0.25, -0.2) is 4.98 Å². The number of hydrogen-bond acceptors (Lipinski definition) is 5. The topological polar surface area (TPSA) is 65.2 Å². The lowest BCUT2D eigenvalue weighted by Crippen LogP contribution is -2.30. The van der Waals surface area contributed by atoms with E-state index in [1.165, 1.54) is 7.11 Å². The van der Waals surface area contributed by atoms with E-state index >= 15 is 0 Å². The van der Waals surface area contributed by atoms with Crippen LogP contribution < -0.4 is 5.73 Å². The Labute approximate surface area is 99.8 Å². The van der Waals surface area contributed by atoms with E-state index in [1.54, 1.807) is 11.3 Å². The van der Waals surface area contributed by atoms with Gasteiger partial charge in [0.05, 0.1) is 24.2 Å². The van der Waals surface area contributed by atoms with Gasteiger partial charge in [-0.3, -0.25) is 4.79 Å². The van der Waals surface area contributed by atoms with Crippen molar-refractivity contribution >= 4 is 17.3 Å². The van der Waals surface area contributed by atoms with Crippen molar-refractivity contribution in [1.29, 1.82) is 0 Å². The van der Waals surface area contributed by atoms with Crippen LogP contribution in [0.1, 0.15) is 36.4 Å². The first kappa shape index (κ1) is 13.1. The predicted molar refractivity (Wildman–Crippen MR) is 64.5 cm³/mol. The molecule has 0 saturated heterocycles. The molecule has 5 heteroatoms. The van der Waals surface area contributed by atoms with Crippen molar-refractivity contribution in [1.82, 2.24) is 4.98 Å². The highest BCUT2D eigenvalue weighted by molar-refractivity contribution is 7.09. The van der Waals surface area contributed by atoms with E-state index in [1.807, 2.05) is 19.2 Å². The molecule has 2 unspecified atom stereocenters. The van der Waals surface area contributed by atoms with Gasteiger partial charge < -0.3 is 10.5 Å². The standard InChI is InChI=1S/C11H18N2O2S/c1-4-9(12)8(5-11(14)15-3)10-6-16-7(2)13-10/h6,8-9H,4-5,12H2,1-3H3. The number of ether oxygens (including phenoxy) is 1. The van der Waals surface area contributed by atoms with Crippen LogP contribution in [0.2, 0.25) is 0 Å². The largest absolute Gasteiger partial charge is 0.469 e. The van der Waals surface area contributed by atoms with E-state index in [0.717, 1.165) is 17.1 Å². The molecule has 0 aliphatic carbocycles. The van der Waals surface area contributed by atoms with Gasteiger partial charge in [-0.15, -0.1) is 11.3 Å². The quantitative estimate of drug-likeness (QED) is 0.800. The normalized spacial score (nSPS) is 14.5. The molecule has 4 nitrogen and oxygen atoms in total. The molecule has 0 fully saturated rings. The zero-order valence-electron chi connectivity index (χ0n) is 9.90. The van der Waals surface area contributed by atoms with E-state index in [-0.39, 0.29) is 17.9 Å². The fourth-order valence-electron chi connectivity index (χ4n) is 1.57. The van der Waals surface area contributed by atoms with Crippen molar-refractivity contribution in [2.75, 3.05) is 7.11 Å². The maximum Gasteiger partial charge on any atom is 0.306 e. The Morgan fingerprint density at radius 1 is 1.69 bits per heavy atom. The van der Waals surface area contributed by atoms with Crippen molar-refractivity contribution in [2.24, 2.45) is 5.73 Å². The molecule has 0 bridgehead atoms. The molecule has 1 heterocycles. The summed E-state index contributed by atoms with van der Waals surface area (Å²) in [6.45, 7) is 3.95. The molecule has 2 atom stereocenters. The molecule has 0 aromatic carbocycles. The lowest BCUT2D eigenvalue weighted by atomic mass is 9.92. The number of nitrogens with zero attached hydrogens (tertiary/aromatic N) is 1. The third-order valence-electron chi connectivity index (χ3n) is 2.62. The van der Waals surface area contributed by atoms with Gasteiger partial charge in [0.25, 0.3) is 0 Å². The summed E-state index contributed by atoms with van der Waals surface area (Å²) in [6.07, 6.45) is 1.12. The Balaban J connectivity index is 2.83. The Morgan fingerprint density at radius 3 is 2.81 bits per heavy atom. The second-order valence-corrected chi connectivity index (χ2v) is 4.81. The molecule has 0 saturated carbocycles. The van der Waals surface area contributed by atoms with Gasteiger partial charge in [0, 0.05) is 17.3 Å². The van der Waals surface area contributed by atoms with E-state index in [4.69, 9.17) is 5.73 Å². The molecule has 0 aliphatic heterocycles. The van der Waals surface area contributed by atoms with Crippen LogP contribution in [0.4, 0.5) is 0 Å². The van der Waals surface area contributed by atoms with Crippen molar-refractivity contribution < 1.29 is 9.53 Å². The number of thiazole rings is 1.